The zero-order valence-corrected chi connectivity index (χ0v) is 11.1. The number of thiazole rings is 1. The Hall–Kier alpha value is -0.620. The summed E-state index contributed by atoms with van der Waals surface area (Å²) in [7, 11) is 1.92. The fourth-order valence-electron chi connectivity index (χ4n) is 2.49. The third kappa shape index (κ3) is 3.23. The average Bonchev–Trinajstić information content (AvgIpc) is 2.69. The second-order valence-electron chi connectivity index (χ2n) is 4.77. The van der Waals surface area contributed by atoms with E-state index >= 15 is 0 Å². The highest BCUT2D eigenvalue weighted by Gasteiger charge is 2.35. The summed E-state index contributed by atoms with van der Waals surface area (Å²) in [6.45, 7) is 0. The van der Waals surface area contributed by atoms with E-state index in [4.69, 9.17) is 0 Å². The van der Waals surface area contributed by atoms with E-state index in [0.717, 1.165) is 48.3 Å². The fraction of sp³-hybridized carbons (Fsp3) is 0.750. The summed E-state index contributed by atoms with van der Waals surface area (Å²) in [5, 5.41) is 2.52. The minimum absolute atomic E-state index is 0.221. The zero-order chi connectivity index (χ0) is 13.2. The van der Waals surface area contributed by atoms with Gasteiger partial charge in [-0.1, -0.05) is 12.8 Å². The molecule has 2 rings (SSSR count). The Morgan fingerprint density at radius 3 is 2.67 bits per heavy atom. The molecular formula is C12H17F3N2S. The maximum absolute atomic E-state index is 12.5. The third-order valence-electron chi connectivity index (χ3n) is 3.50. The van der Waals surface area contributed by atoms with Crippen LogP contribution in [0.25, 0.3) is 0 Å². The summed E-state index contributed by atoms with van der Waals surface area (Å²) in [5.41, 5.74) is 0. The molecule has 0 amide bonds. The van der Waals surface area contributed by atoms with Crippen molar-refractivity contribution in [3.8, 4) is 0 Å². The van der Waals surface area contributed by atoms with Crippen molar-refractivity contribution in [2.45, 2.75) is 50.2 Å². The van der Waals surface area contributed by atoms with Gasteiger partial charge in [0.2, 0.25) is 0 Å². The highest BCUT2D eigenvalue weighted by molar-refractivity contribution is 7.11. The lowest BCUT2D eigenvalue weighted by molar-refractivity contribution is -0.137. The van der Waals surface area contributed by atoms with Gasteiger partial charge in [-0.25, -0.2) is 4.98 Å². The summed E-state index contributed by atoms with van der Waals surface area (Å²) >= 11 is 0.804. The molecule has 1 heterocycles. The maximum atomic E-state index is 12.5. The molecule has 1 aliphatic rings. The maximum Gasteiger partial charge on any atom is 0.443 e. The molecule has 1 N–H and O–H groups in total. The fourth-order valence-corrected chi connectivity index (χ4v) is 3.42. The minimum atomic E-state index is -4.31. The second-order valence-corrected chi connectivity index (χ2v) is 5.83. The Morgan fingerprint density at radius 2 is 2.06 bits per heavy atom. The van der Waals surface area contributed by atoms with Gasteiger partial charge in [0.05, 0.1) is 0 Å². The predicted molar refractivity (Wildman–Crippen MR) is 65.8 cm³/mol. The Balaban J connectivity index is 2.12. The molecule has 1 aliphatic carbocycles. The lowest BCUT2D eigenvalue weighted by Gasteiger charge is -2.18. The highest BCUT2D eigenvalue weighted by Crippen LogP contribution is 2.39. The Kier molecular flexibility index (Phi) is 4.27. The largest absolute Gasteiger partial charge is 0.443 e. The molecule has 0 aromatic carbocycles. The Morgan fingerprint density at radius 1 is 1.33 bits per heavy atom. The van der Waals surface area contributed by atoms with Crippen LogP contribution in [-0.4, -0.2) is 18.1 Å². The van der Waals surface area contributed by atoms with Crippen LogP contribution in [0.5, 0.6) is 0 Å². The quantitative estimate of drug-likeness (QED) is 0.832. The van der Waals surface area contributed by atoms with E-state index in [2.05, 4.69) is 10.3 Å². The first-order valence-electron chi connectivity index (χ1n) is 6.21. The van der Waals surface area contributed by atoms with E-state index in [1.54, 1.807) is 0 Å². The monoisotopic (exact) mass is 278 g/mol. The van der Waals surface area contributed by atoms with Crippen molar-refractivity contribution in [1.82, 2.24) is 10.3 Å². The van der Waals surface area contributed by atoms with Crippen LogP contribution in [-0.2, 0) is 6.18 Å². The van der Waals surface area contributed by atoms with E-state index in [-0.39, 0.29) is 5.92 Å². The normalized spacial score (nSPS) is 26.0. The molecule has 102 valence electrons. The zero-order valence-electron chi connectivity index (χ0n) is 10.3. The van der Waals surface area contributed by atoms with Crippen LogP contribution in [0.15, 0.2) is 6.20 Å². The van der Waals surface area contributed by atoms with Crippen molar-refractivity contribution >= 4 is 11.3 Å². The molecule has 2 atom stereocenters. The van der Waals surface area contributed by atoms with Gasteiger partial charge >= 0.3 is 6.18 Å². The van der Waals surface area contributed by atoms with Crippen LogP contribution in [0, 0.1) is 0 Å². The summed E-state index contributed by atoms with van der Waals surface area (Å²) < 4.78 is 37.6. The van der Waals surface area contributed by atoms with Crippen molar-refractivity contribution in [3.05, 3.63) is 16.1 Å². The van der Waals surface area contributed by atoms with Crippen LogP contribution in [0.4, 0.5) is 13.2 Å². The molecule has 6 heteroatoms. The number of hydrogen-bond acceptors (Lipinski definition) is 3. The van der Waals surface area contributed by atoms with Crippen molar-refractivity contribution in [3.63, 3.8) is 0 Å². The lowest BCUT2D eigenvalue weighted by Crippen LogP contribution is -2.25. The SMILES string of the molecule is CNC1CCCCC(c2cnc(C(F)(F)F)s2)C1. The predicted octanol–water partition coefficient (Wildman–Crippen LogP) is 3.80. The number of halogens is 3. The Labute approximate surface area is 109 Å². The smallest absolute Gasteiger partial charge is 0.317 e. The van der Waals surface area contributed by atoms with E-state index in [9.17, 15) is 13.2 Å². The Bertz CT molecular complexity index is 389. The van der Waals surface area contributed by atoms with Gasteiger partial charge in [0.15, 0.2) is 5.01 Å². The summed E-state index contributed by atoms with van der Waals surface area (Å²) in [6, 6.07) is 0.411. The summed E-state index contributed by atoms with van der Waals surface area (Å²) in [5.74, 6) is 0.221. The molecule has 1 aromatic rings. The van der Waals surface area contributed by atoms with Crippen molar-refractivity contribution in [2.24, 2.45) is 0 Å². The van der Waals surface area contributed by atoms with Gasteiger partial charge in [0.25, 0.3) is 0 Å². The molecule has 0 spiro atoms. The van der Waals surface area contributed by atoms with Crippen molar-refractivity contribution in [1.29, 1.82) is 0 Å². The van der Waals surface area contributed by atoms with Gasteiger partial charge < -0.3 is 5.32 Å². The third-order valence-corrected chi connectivity index (χ3v) is 4.71. The van der Waals surface area contributed by atoms with Gasteiger partial charge in [-0.15, -0.1) is 11.3 Å². The van der Waals surface area contributed by atoms with Gasteiger partial charge in [-0.05, 0) is 32.2 Å². The molecule has 0 bridgehead atoms. The molecule has 18 heavy (non-hydrogen) atoms. The van der Waals surface area contributed by atoms with E-state index in [0.29, 0.717) is 6.04 Å². The molecule has 2 unspecified atom stereocenters. The van der Waals surface area contributed by atoms with E-state index in [1.807, 2.05) is 7.05 Å². The van der Waals surface area contributed by atoms with Crippen LogP contribution < -0.4 is 5.32 Å². The molecule has 2 nitrogen and oxygen atoms in total. The van der Waals surface area contributed by atoms with Crippen LogP contribution >= 0.6 is 11.3 Å². The molecule has 1 saturated carbocycles. The highest BCUT2D eigenvalue weighted by atomic mass is 32.1. The topological polar surface area (TPSA) is 24.9 Å². The molecule has 1 aromatic heterocycles. The number of alkyl halides is 3. The molecular weight excluding hydrogens is 261 g/mol. The van der Waals surface area contributed by atoms with Gasteiger partial charge in [0, 0.05) is 17.1 Å². The average molecular weight is 278 g/mol. The number of hydrogen-bond donors (Lipinski definition) is 1. The van der Waals surface area contributed by atoms with Gasteiger partial charge in [-0.3, -0.25) is 0 Å². The number of rotatable bonds is 2. The van der Waals surface area contributed by atoms with E-state index in [1.165, 1.54) is 6.20 Å². The minimum Gasteiger partial charge on any atom is -0.317 e. The number of nitrogens with one attached hydrogen (secondary N) is 1. The van der Waals surface area contributed by atoms with Crippen molar-refractivity contribution < 1.29 is 13.2 Å². The molecule has 0 aliphatic heterocycles. The standard InChI is InChI=1S/C12H17F3N2S/c1-16-9-5-3-2-4-8(6-9)10-7-17-11(18-10)12(13,14)15/h7-9,16H,2-6H2,1H3. The number of nitrogens with zero attached hydrogens (tertiary/aromatic N) is 1. The van der Waals surface area contributed by atoms with Crippen LogP contribution in [0.2, 0.25) is 0 Å². The first-order valence-corrected chi connectivity index (χ1v) is 7.02. The van der Waals surface area contributed by atoms with Gasteiger partial charge in [0.1, 0.15) is 0 Å². The van der Waals surface area contributed by atoms with Crippen LogP contribution in [0.1, 0.15) is 47.9 Å². The lowest BCUT2D eigenvalue weighted by atomic mass is 9.97. The summed E-state index contributed by atoms with van der Waals surface area (Å²) in [6.07, 6.45) is 2.33. The molecule has 0 saturated heterocycles. The first-order chi connectivity index (χ1) is 8.50. The molecule has 0 radical (unpaired) electrons. The van der Waals surface area contributed by atoms with Gasteiger partial charge in [-0.2, -0.15) is 13.2 Å². The molecule has 1 fully saturated rings. The van der Waals surface area contributed by atoms with Crippen LogP contribution in [0.3, 0.4) is 0 Å². The number of aromatic nitrogens is 1. The summed E-state index contributed by atoms with van der Waals surface area (Å²) in [4.78, 5) is 4.30. The first kappa shape index (κ1) is 13.8. The second kappa shape index (κ2) is 5.57. The van der Waals surface area contributed by atoms with Crippen molar-refractivity contribution in [2.75, 3.05) is 7.05 Å². The van der Waals surface area contributed by atoms with E-state index < -0.39 is 11.2 Å².